The van der Waals surface area contributed by atoms with Crippen molar-refractivity contribution in [3.05, 3.63) is 215 Å². The van der Waals surface area contributed by atoms with E-state index in [0.29, 0.717) is 18.1 Å². The first-order valence-corrected chi connectivity index (χ1v) is 25.9. The normalized spacial score (nSPS) is 9.91. The Morgan fingerprint density at radius 3 is 0.835 bits per heavy atom. The van der Waals surface area contributed by atoms with Crippen molar-refractivity contribution in [3.8, 4) is 34.5 Å². The number of benzene rings is 7. The van der Waals surface area contributed by atoms with Crippen LogP contribution in [0.3, 0.4) is 0 Å². The molecular formula is C62H62Cl4O13. The van der Waals surface area contributed by atoms with E-state index in [1.54, 1.807) is 101 Å². The maximum atomic E-state index is 11.8. The first-order chi connectivity index (χ1) is 37.9. The topological polar surface area (TPSA) is 167 Å². The lowest BCUT2D eigenvalue weighted by Crippen LogP contribution is -2.16. The van der Waals surface area contributed by atoms with E-state index in [2.05, 4.69) is 0 Å². The number of methoxy groups -OCH3 is 4. The molecule has 13 nitrogen and oxygen atoms in total. The van der Waals surface area contributed by atoms with Gasteiger partial charge in [-0.2, -0.15) is 0 Å². The number of hydrogen-bond donors (Lipinski definition) is 0. The average Bonchev–Trinajstić information content (AvgIpc) is 3.42. The van der Waals surface area contributed by atoms with E-state index in [0.717, 1.165) is 61.9 Å². The van der Waals surface area contributed by atoms with E-state index < -0.39 is 11.9 Å². The minimum atomic E-state index is -0.575. The zero-order valence-corrected chi connectivity index (χ0v) is 47.6. The molecule has 7 rings (SSSR count). The Labute approximate surface area is 481 Å². The number of rotatable bonds is 21. The van der Waals surface area contributed by atoms with Crippen molar-refractivity contribution >= 4 is 79.3 Å². The second-order valence-corrected chi connectivity index (χ2v) is 18.6. The monoisotopic (exact) mass is 1150 g/mol. The van der Waals surface area contributed by atoms with Crippen molar-refractivity contribution in [3.63, 3.8) is 0 Å². The van der Waals surface area contributed by atoms with Gasteiger partial charge in [-0.25, -0.2) is 0 Å². The molecule has 79 heavy (non-hydrogen) atoms. The van der Waals surface area contributed by atoms with E-state index in [-0.39, 0.29) is 65.6 Å². The highest BCUT2D eigenvalue weighted by molar-refractivity contribution is 6.64. The second-order valence-electron chi connectivity index (χ2n) is 16.9. The van der Waals surface area contributed by atoms with E-state index in [9.17, 15) is 28.8 Å². The standard InChI is InChI=1S/C18H18O5.C15H13ClO2.C11H13ClO2.2C9H9ClO2/c1-21-15-7-3-13(4-8-15)11-17(19)23-18(20)12-14-5-9-16(22-2)10-6-14;16-15(17)10-12-6-8-14(9-7-12)18-11-13-4-2-1-3-5-13;1-8(2)14-10-5-3-9(4-6-10)7-11(12)13;2*1-12-8-4-2-7(3-5-8)6-9(10)11/h3-10H,11-12H2,1-2H3;1-9H,10-11H2;3-6,8H,7H2,1-2H3;2*2-5H,6H2,1H3. The number of hydrogen-bond acceptors (Lipinski definition) is 13. The Bertz CT molecular complexity index is 2800. The van der Waals surface area contributed by atoms with Crippen LogP contribution < -0.4 is 28.4 Å². The molecular weight excluding hydrogens is 1090 g/mol. The molecule has 0 N–H and O–H groups in total. The van der Waals surface area contributed by atoms with Gasteiger partial charge in [0.25, 0.3) is 0 Å². The van der Waals surface area contributed by atoms with Gasteiger partial charge in [0.05, 0.1) is 47.4 Å². The van der Waals surface area contributed by atoms with Gasteiger partial charge in [0.2, 0.25) is 21.0 Å². The molecule has 0 aromatic heterocycles. The molecule has 7 aromatic rings. The SMILES string of the molecule is CC(C)Oc1ccc(CC(=O)Cl)cc1.COc1ccc(CC(=O)Cl)cc1.COc1ccc(CC(=O)Cl)cc1.COc1ccc(CC(=O)OC(=O)Cc2ccc(OC)cc2)cc1.O=C(Cl)Cc1ccc(OCc2ccccc2)cc1. The Kier molecular flexibility index (Phi) is 30.9. The van der Waals surface area contributed by atoms with Crippen LogP contribution in [0.1, 0.15) is 52.8 Å². The van der Waals surface area contributed by atoms with Crippen molar-refractivity contribution < 1.29 is 61.9 Å². The third kappa shape index (κ3) is 29.6. The number of ether oxygens (including phenoxy) is 7. The van der Waals surface area contributed by atoms with Crippen molar-refractivity contribution in [2.45, 2.75) is 65.1 Å². The summed E-state index contributed by atoms with van der Waals surface area (Å²) in [6.45, 7) is 4.47. The van der Waals surface area contributed by atoms with Crippen LogP contribution in [0.4, 0.5) is 0 Å². The van der Waals surface area contributed by atoms with Gasteiger partial charge < -0.3 is 33.2 Å². The molecule has 0 unspecified atom stereocenters. The molecule has 7 aromatic carbocycles. The molecule has 0 saturated heterocycles. The summed E-state index contributed by atoms with van der Waals surface area (Å²) < 4.78 is 35.9. The zero-order valence-electron chi connectivity index (χ0n) is 44.6. The largest absolute Gasteiger partial charge is 0.497 e. The average molecular weight is 1160 g/mol. The van der Waals surface area contributed by atoms with E-state index in [1.165, 1.54) is 0 Å². The number of carbonyl (C=O) groups is 6. The van der Waals surface area contributed by atoms with Crippen LogP contribution in [-0.2, 0) is 78.6 Å². The molecule has 0 radical (unpaired) electrons. The maximum absolute atomic E-state index is 11.8. The number of carbonyl (C=O) groups excluding carboxylic acids is 6. The summed E-state index contributed by atoms with van der Waals surface area (Å²) >= 11 is 21.0. The minimum absolute atomic E-state index is 0.0400. The van der Waals surface area contributed by atoms with Crippen LogP contribution in [0.25, 0.3) is 0 Å². The van der Waals surface area contributed by atoms with Crippen molar-refractivity contribution in [1.82, 2.24) is 0 Å². The molecule has 0 atom stereocenters. The first-order valence-electron chi connectivity index (χ1n) is 24.4. The molecule has 0 saturated carbocycles. The van der Waals surface area contributed by atoms with Gasteiger partial charge in [-0.05, 0) is 172 Å². The lowest BCUT2D eigenvalue weighted by molar-refractivity contribution is -0.158. The second kappa shape index (κ2) is 37.2. The van der Waals surface area contributed by atoms with Crippen LogP contribution in [0.5, 0.6) is 34.5 Å². The predicted molar refractivity (Wildman–Crippen MR) is 308 cm³/mol. The quantitative estimate of drug-likeness (QED) is 0.0379. The lowest BCUT2D eigenvalue weighted by Gasteiger charge is -2.09. The first kappa shape index (κ1) is 65.6. The van der Waals surface area contributed by atoms with Crippen LogP contribution in [0.2, 0.25) is 0 Å². The summed E-state index contributed by atoms with van der Waals surface area (Å²) in [6, 6.07) is 53.2. The third-order valence-electron chi connectivity index (χ3n) is 10.4. The highest BCUT2D eigenvalue weighted by Gasteiger charge is 2.13. The van der Waals surface area contributed by atoms with Gasteiger partial charge in [0, 0.05) is 25.7 Å². The third-order valence-corrected chi connectivity index (χ3v) is 10.9. The maximum Gasteiger partial charge on any atom is 0.317 e. The van der Waals surface area contributed by atoms with Gasteiger partial charge in [-0.15, -0.1) is 0 Å². The molecule has 0 fully saturated rings. The molecule has 0 spiro atoms. The summed E-state index contributed by atoms with van der Waals surface area (Å²) in [7, 11) is 6.34. The van der Waals surface area contributed by atoms with E-state index >= 15 is 0 Å². The van der Waals surface area contributed by atoms with Gasteiger partial charge in [-0.3, -0.25) is 28.8 Å². The molecule has 17 heteroatoms. The summed E-state index contributed by atoms with van der Waals surface area (Å²) in [5.41, 5.74) is 6.23. The summed E-state index contributed by atoms with van der Waals surface area (Å²) in [5.74, 6) is 3.41. The van der Waals surface area contributed by atoms with Crippen LogP contribution >= 0.6 is 46.4 Å². The number of esters is 2. The van der Waals surface area contributed by atoms with Gasteiger partial charge >= 0.3 is 11.9 Å². The summed E-state index contributed by atoms with van der Waals surface area (Å²) in [5, 5.41) is -1.39. The van der Waals surface area contributed by atoms with Crippen molar-refractivity contribution in [2.24, 2.45) is 0 Å². The molecule has 0 heterocycles. The number of halogens is 4. The van der Waals surface area contributed by atoms with Gasteiger partial charge in [0.1, 0.15) is 41.1 Å². The Morgan fingerprint density at radius 2 is 0.582 bits per heavy atom. The predicted octanol–water partition coefficient (Wildman–Crippen LogP) is 12.9. The van der Waals surface area contributed by atoms with Gasteiger partial charge in [-0.1, -0.05) is 103 Å². The van der Waals surface area contributed by atoms with Crippen molar-refractivity contribution in [1.29, 1.82) is 0 Å². The molecule has 0 amide bonds. The zero-order chi connectivity index (χ0) is 58.0. The molecule has 0 aliphatic rings. The van der Waals surface area contributed by atoms with E-state index in [4.69, 9.17) is 79.6 Å². The molecule has 0 aliphatic carbocycles. The highest BCUT2D eigenvalue weighted by Crippen LogP contribution is 2.18. The Morgan fingerprint density at radius 1 is 0.329 bits per heavy atom. The Hall–Kier alpha value is -7.68. The Balaban J connectivity index is 0.000000266. The molecule has 0 aliphatic heterocycles. The van der Waals surface area contributed by atoms with Crippen LogP contribution in [-0.4, -0.2) is 67.5 Å². The smallest absolute Gasteiger partial charge is 0.317 e. The minimum Gasteiger partial charge on any atom is -0.497 e. The lowest BCUT2D eigenvalue weighted by atomic mass is 10.1. The fraction of sp³-hybridized carbons (Fsp3) is 0.226. The van der Waals surface area contributed by atoms with E-state index in [1.807, 2.05) is 117 Å². The van der Waals surface area contributed by atoms with Crippen LogP contribution in [0.15, 0.2) is 176 Å². The fourth-order valence-electron chi connectivity index (χ4n) is 6.55. The van der Waals surface area contributed by atoms with Crippen molar-refractivity contribution in [2.75, 3.05) is 28.4 Å². The van der Waals surface area contributed by atoms with Crippen LogP contribution in [0, 0.1) is 0 Å². The fourth-order valence-corrected chi connectivity index (χ4v) is 7.17. The summed E-state index contributed by atoms with van der Waals surface area (Å²) in [4.78, 5) is 65.9. The van der Waals surface area contributed by atoms with Gasteiger partial charge in [0.15, 0.2) is 0 Å². The molecule has 0 bridgehead atoms. The molecule has 416 valence electrons. The highest BCUT2D eigenvalue weighted by atomic mass is 35.5. The summed E-state index contributed by atoms with van der Waals surface area (Å²) in [6.07, 6.45) is 1.30.